The maximum Gasteiger partial charge on any atom is 0.223 e. The molecule has 5 rings (SSSR count). The van der Waals surface area contributed by atoms with Crippen LogP contribution in [-0.4, -0.2) is 49.1 Å². The molecule has 0 saturated carbocycles. The third-order valence-electron chi connectivity index (χ3n) is 6.66. The number of carbonyl (C=O) groups is 1. The van der Waals surface area contributed by atoms with Crippen LogP contribution in [0.5, 0.6) is 5.75 Å². The first-order chi connectivity index (χ1) is 17.0. The Morgan fingerprint density at radius 1 is 0.943 bits per heavy atom. The predicted molar refractivity (Wildman–Crippen MR) is 144 cm³/mol. The summed E-state index contributed by atoms with van der Waals surface area (Å²) in [5, 5.41) is 2.35. The molecule has 1 amide bonds. The molecule has 180 valence electrons. The Bertz CT molecular complexity index is 1340. The molecule has 3 aromatic carbocycles. The first-order valence-electron chi connectivity index (χ1n) is 11.8. The highest BCUT2D eigenvalue weighted by Gasteiger charge is 2.24. The Balaban J connectivity index is 1.31. The minimum absolute atomic E-state index is 0.160. The number of halogens is 2. The zero-order chi connectivity index (χ0) is 24.4. The van der Waals surface area contributed by atoms with Crippen LogP contribution in [-0.2, 0) is 11.2 Å². The fourth-order valence-corrected chi connectivity index (χ4v) is 5.28. The number of para-hydroxylation sites is 2. The molecule has 0 aliphatic carbocycles. The average Bonchev–Trinajstić information content (AvgIpc) is 3.27. The second-order valence-corrected chi connectivity index (χ2v) is 9.53. The van der Waals surface area contributed by atoms with E-state index in [4.69, 9.17) is 27.9 Å². The number of aromatic amines is 1. The number of nitrogens with one attached hydrogen (secondary N) is 1. The average molecular weight is 508 g/mol. The third kappa shape index (κ3) is 4.84. The van der Waals surface area contributed by atoms with Crippen molar-refractivity contribution in [1.29, 1.82) is 0 Å². The summed E-state index contributed by atoms with van der Waals surface area (Å²) in [4.78, 5) is 20.9. The van der Waals surface area contributed by atoms with Gasteiger partial charge in [-0.05, 0) is 53.9 Å². The lowest BCUT2D eigenvalue weighted by Crippen LogP contribution is -2.48. The van der Waals surface area contributed by atoms with Gasteiger partial charge in [0.15, 0.2) is 0 Å². The smallest absolute Gasteiger partial charge is 0.223 e. The molecule has 1 aliphatic rings. The molecule has 0 unspecified atom stereocenters. The molecular formula is C28H27Cl2N3O2. The van der Waals surface area contributed by atoms with Gasteiger partial charge in [0, 0.05) is 54.2 Å². The van der Waals surface area contributed by atoms with E-state index in [1.807, 2.05) is 65.6 Å². The number of hydrogen-bond donors (Lipinski definition) is 1. The molecule has 2 heterocycles. The van der Waals surface area contributed by atoms with E-state index in [2.05, 4.69) is 16.0 Å². The van der Waals surface area contributed by atoms with E-state index >= 15 is 0 Å². The summed E-state index contributed by atoms with van der Waals surface area (Å²) in [6, 6.07) is 21.6. The molecule has 0 bridgehead atoms. The molecule has 1 aliphatic heterocycles. The molecule has 0 atom stereocenters. The second-order valence-electron chi connectivity index (χ2n) is 8.69. The number of carbonyl (C=O) groups excluding carboxylic acids is 1. The van der Waals surface area contributed by atoms with Gasteiger partial charge in [-0.1, -0.05) is 53.5 Å². The lowest BCUT2D eigenvalue weighted by atomic mass is 10.0. The van der Waals surface area contributed by atoms with E-state index in [9.17, 15) is 4.79 Å². The number of benzene rings is 3. The molecular weight excluding hydrogens is 481 g/mol. The highest BCUT2D eigenvalue weighted by molar-refractivity contribution is 6.36. The molecule has 0 radical (unpaired) electrons. The van der Waals surface area contributed by atoms with E-state index in [0.717, 1.165) is 52.3 Å². The third-order valence-corrected chi connectivity index (χ3v) is 7.22. The van der Waals surface area contributed by atoms with Crippen molar-refractivity contribution in [3.8, 4) is 17.0 Å². The molecule has 0 spiro atoms. The SMILES string of the molecule is COc1ccccc1N1CCN(C(=O)CCc2c(-c3ccc(Cl)cc3)[nH]c3cccc(Cl)c23)CC1. The zero-order valence-corrected chi connectivity index (χ0v) is 21.1. The largest absolute Gasteiger partial charge is 0.495 e. The van der Waals surface area contributed by atoms with Crippen LogP contribution >= 0.6 is 23.2 Å². The minimum Gasteiger partial charge on any atom is -0.495 e. The zero-order valence-electron chi connectivity index (χ0n) is 19.6. The van der Waals surface area contributed by atoms with E-state index in [1.165, 1.54) is 0 Å². The van der Waals surface area contributed by atoms with Gasteiger partial charge in [0.1, 0.15) is 5.75 Å². The van der Waals surface area contributed by atoms with Crippen LogP contribution in [0.2, 0.25) is 10.0 Å². The van der Waals surface area contributed by atoms with Gasteiger partial charge in [-0.3, -0.25) is 4.79 Å². The van der Waals surface area contributed by atoms with Gasteiger partial charge < -0.3 is 19.5 Å². The minimum atomic E-state index is 0.160. The Labute approximate surface area is 215 Å². The number of aryl methyl sites for hydroxylation is 1. The molecule has 1 saturated heterocycles. The Kier molecular flexibility index (Phi) is 6.89. The molecule has 7 heteroatoms. The van der Waals surface area contributed by atoms with Crippen molar-refractivity contribution in [3.63, 3.8) is 0 Å². The number of H-pyrrole nitrogens is 1. The van der Waals surface area contributed by atoms with Crippen molar-refractivity contribution >= 4 is 45.7 Å². The van der Waals surface area contributed by atoms with Crippen molar-refractivity contribution in [2.45, 2.75) is 12.8 Å². The molecule has 1 fully saturated rings. The maximum absolute atomic E-state index is 13.2. The Morgan fingerprint density at radius 3 is 2.43 bits per heavy atom. The lowest BCUT2D eigenvalue weighted by Gasteiger charge is -2.36. The van der Waals surface area contributed by atoms with Crippen LogP contribution in [0.3, 0.4) is 0 Å². The van der Waals surface area contributed by atoms with E-state index in [0.29, 0.717) is 36.0 Å². The number of methoxy groups -OCH3 is 1. The van der Waals surface area contributed by atoms with Gasteiger partial charge in [-0.25, -0.2) is 0 Å². The van der Waals surface area contributed by atoms with Gasteiger partial charge in [0.25, 0.3) is 0 Å². The van der Waals surface area contributed by atoms with Crippen molar-refractivity contribution in [1.82, 2.24) is 9.88 Å². The number of piperazine rings is 1. The van der Waals surface area contributed by atoms with Gasteiger partial charge >= 0.3 is 0 Å². The first kappa shape index (κ1) is 23.6. The Hall–Kier alpha value is -3.15. The van der Waals surface area contributed by atoms with Crippen LogP contribution in [0, 0.1) is 0 Å². The summed E-state index contributed by atoms with van der Waals surface area (Å²) in [6.07, 6.45) is 1.03. The highest BCUT2D eigenvalue weighted by atomic mass is 35.5. The number of nitrogens with zero attached hydrogens (tertiary/aromatic N) is 2. The fraction of sp³-hybridized carbons (Fsp3) is 0.250. The first-order valence-corrected chi connectivity index (χ1v) is 12.5. The number of aromatic nitrogens is 1. The van der Waals surface area contributed by atoms with Gasteiger partial charge in [0.05, 0.1) is 17.8 Å². The molecule has 4 aromatic rings. The van der Waals surface area contributed by atoms with Crippen LogP contribution in [0.4, 0.5) is 5.69 Å². The summed E-state index contributed by atoms with van der Waals surface area (Å²) in [5.41, 5.74) is 5.11. The summed E-state index contributed by atoms with van der Waals surface area (Å²) in [5.74, 6) is 1.02. The van der Waals surface area contributed by atoms with Crippen molar-refractivity contribution in [2.75, 3.05) is 38.2 Å². The van der Waals surface area contributed by atoms with E-state index in [-0.39, 0.29) is 5.91 Å². The van der Waals surface area contributed by atoms with Crippen molar-refractivity contribution in [3.05, 3.63) is 82.3 Å². The van der Waals surface area contributed by atoms with Gasteiger partial charge in [0.2, 0.25) is 5.91 Å². The number of anilines is 1. The Morgan fingerprint density at radius 2 is 1.69 bits per heavy atom. The number of fused-ring (bicyclic) bond motifs is 1. The second kappa shape index (κ2) is 10.2. The number of ether oxygens (including phenoxy) is 1. The normalized spacial score (nSPS) is 13.9. The predicted octanol–water partition coefficient (Wildman–Crippen LogP) is 6.43. The van der Waals surface area contributed by atoms with Gasteiger partial charge in [-0.15, -0.1) is 0 Å². The quantitative estimate of drug-likeness (QED) is 0.327. The van der Waals surface area contributed by atoms with E-state index < -0.39 is 0 Å². The monoisotopic (exact) mass is 507 g/mol. The lowest BCUT2D eigenvalue weighted by molar-refractivity contribution is -0.131. The summed E-state index contributed by atoms with van der Waals surface area (Å²) < 4.78 is 5.51. The standard InChI is InChI=1S/C28H27Cl2N3O2/c1-35-25-8-3-2-7-24(25)32-15-17-33(18-16-32)26(34)14-13-21-27-22(30)5-4-6-23(27)31-28(21)19-9-11-20(29)12-10-19/h2-12,31H,13-18H2,1H3. The van der Waals surface area contributed by atoms with Gasteiger partial charge in [-0.2, -0.15) is 0 Å². The number of rotatable bonds is 6. The summed E-state index contributed by atoms with van der Waals surface area (Å²) in [7, 11) is 1.69. The highest BCUT2D eigenvalue weighted by Crippen LogP contribution is 2.36. The maximum atomic E-state index is 13.2. The number of amides is 1. The molecule has 1 N–H and O–H groups in total. The van der Waals surface area contributed by atoms with Crippen LogP contribution < -0.4 is 9.64 Å². The molecule has 35 heavy (non-hydrogen) atoms. The summed E-state index contributed by atoms with van der Waals surface area (Å²) >= 11 is 12.7. The van der Waals surface area contributed by atoms with Crippen molar-refractivity contribution < 1.29 is 9.53 Å². The van der Waals surface area contributed by atoms with Crippen LogP contribution in [0.15, 0.2) is 66.7 Å². The molecule has 5 nitrogen and oxygen atoms in total. The topological polar surface area (TPSA) is 48.6 Å². The van der Waals surface area contributed by atoms with Crippen LogP contribution in [0.25, 0.3) is 22.2 Å². The fourth-order valence-electron chi connectivity index (χ4n) is 4.86. The van der Waals surface area contributed by atoms with Crippen molar-refractivity contribution in [2.24, 2.45) is 0 Å². The van der Waals surface area contributed by atoms with Crippen LogP contribution in [0.1, 0.15) is 12.0 Å². The molecule has 1 aromatic heterocycles. The number of hydrogen-bond acceptors (Lipinski definition) is 3. The summed E-state index contributed by atoms with van der Waals surface area (Å²) in [6.45, 7) is 2.94. The van der Waals surface area contributed by atoms with E-state index in [1.54, 1.807) is 7.11 Å².